The minimum atomic E-state index is -1.43. The molecule has 270 valence electrons. The van der Waals surface area contributed by atoms with Crippen molar-refractivity contribution >= 4 is 40.4 Å². The van der Waals surface area contributed by atoms with Crippen molar-refractivity contribution in [3.63, 3.8) is 0 Å². The van der Waals surface area contributed by atoms with Crippen LogP contribution in [-0.4, -0.2) is 34.3 Å². The molecule has 2 amide bonds. The second-order valence-electron chi connectivity index (χ2n) is 15.1. The maximum absolute atomic E-state index is 15.2. The van der Waals surface area contributed by atoms with Gasteiger partial charge < -0.3 is 5.11 Å². The number of rotatable bonds is 6. The molecule has 0 spiro atoms. The Labute approximate surface area is 318 Å². The van der Waals surface area contributed by atoms with Crippen LogP contribution in [0.1, 0.15) is 56.9 Å². The molecule has 0 radical (unpaired) electrons. The summed E-state index contributed by atoms with van der Waals surface area (Å²) >= 11 is 0. The summed E-state index contributed by atoms with van der Waals surface area (Å²) in [7, 11) is 0. The van der Waals surface area contributed by atoms with Gasteiger partial charge in [0, 0.05) is 34.1 Å². The molecular formula is C48H37NO6. The molecule has 0 bridgehead atoms. The third-order valence-electron chi connectivity index (χ3n) is 12.4. The number of aryl methyl sites for hydroxylation is 1. The van der Waals surface area contributed by atoms with Crippen LogP contribution in [0.25, 0.3) is 5.57 Å². The standard InChI is InChI=1S/C48H37NO6/c1-28-12-11-19-36(43(28)51)42-34-24-25-35-41(47(55)49(46(35)54)33-22-20-31(21-23-33)44(52)30-15-7-3-8-16-30)38(34)26-39-45(53)37(29-13-5-2-6-14-29)27-40(50)48(39,42)32-17-9-4-10-18-32/h2-24,27,35,38-39,41-42,51H,25-26H2,1H3/t35-,38+,39-,41-,42+,48-/m0/s1. The fourth-order valence-corrected chi connectivity index (χ4v) is 9.91. The largest absolute Gasteiger partial charge is 0.507 e. The number of nitrogens with zero attached hydrogens (tertiary/aromatic N) is 1. The van der Waals surface area contributed by atoms with Crippen molar-refractivity contribution in [3.05, 3.63) is 185 Å². The lowest BCUT2D eigenvalue weighted by molar-refractivity contribution is -0.135. The number of fused-ring (bicyclic) bond motifs is 4. The van der Waals surface area contributed by atoms with E-state index in [4.69, 9.17) is 0 Å². The van der Waals surface area contributed by atoms with Crippen LogP contribution in [0.15, 0.2) is 151 Å². The molecule has 0 unspecified atom stereocenters. The average Bonchev–Trinajstić information content (AvgIpc) is 3.49. The topological polar surface area (TPSA) is 109 Å². The van der Waals surface area contributed by atoms with Crippen LogP contribution in [0.5, 0.6) is 5.75 Å². The van der Waals surface area contributed by atoms with Crippen LogP contribution >= 0.6 is 0 Å². The van der Waals surface area contributed by atoms with Gasteiger partial charge in [-0.3, -0.25) is 28.9 Å². The predicted molar refractivity (Wildman–Crippen MR) is 208 cm³/mol. The normalized spacial score (nSPS) is 25.8. The van der Waals surface area contributed by atoms with Gasteiger partial charge in [-0.15, -0.1) is 0 Å². The van der Waals surface area contributed by atoms with Crippen LogP contribution in [-0.2, 0) is 24.6 Å². The summed E-state index contributed by atoms with van der Waals surface area (Å²) in [5.74, 6) is -5.05. The summed E-state index contributed by atoms with van der Waals surface area (Å²) in [6.45, 7) is 1.80. The number of allylic oxidation sites excluding steroid dienone is 4. The summed E-state index contributed by atoms with van der Waals surface area (Å²) in [5, 5.41) is 11.8. The highest BCUT2D eigenvalue weighted by Gasteiger charge is 2.66. The molecule has 1 saturated carbocycles. The summed E-state index contributed by atoms with van der Waals surface area (Å²) in [6.07, 6.45) is 3.89. The lowest BCUT2D eigenvalue weighted by Crippen LogP contribution is -2.58. The zero-order chi connectivity index (χ0) is 38.0. The van der Waals surface area contributed by atoms with Crippen molar-refractivity contribution in [2.45, 2.75) is 31.1 Å². The smallest absolute Gasteiger partial charge is 0.238 e. The zero-order valence-corrected chi connectivity index (χ0v) is 30.1. The number of imide groups is 1. The lowest BCUT2D eigenvalue weighted by Gasteiger charge is -2.55. The molecule has 2 fully saturated rings. The van der Waals surface area contributed by atoms with Gasteiger partial charge in [-0.2, -0.15) is 0 Å². The Bertz CT molecular complexity index is 2470. The van der Waals surface area contributed by atoms with Gasteiger partial charge in [0.05, 0.1) is 22.9 Å². The number of carbonyl (C=O) groups excluding carboxylic acids is 5. The van der Waals surface area contributed by atoms with Crippen LogP contribution < -0.4 is 4.90 Å². The van der Waals surface area contributed by atoms with Crippen LogP contribution in [0.2, 0.25) is 0 Å². The van der Waals surface area contributed by atoms with Crippen molar-refractivity contribution < 1.29 is 29.1 Å². The number of para-hydroxylation sites is 1. The van der Waals surface area contributed by atoms with Crippen molar-refractivity contribution in [1.29, 1.82) is 0 Å². The summed E-state index contributed by atoms with van der Waals surface area (Å²) < 4.78 is 0. The first kappa shape index (κ1) is 34.3. The quantitative estimate of drug-likeness (QED) is 0.108. The maximum atomic E-state index is 15.2. The fraction of sp³-hybridized carbons (Fsp3) is 0.188. The third kappa shape index (κ3) is 5.13. The molecule has 5 aromatic rings. The zero-order valence-electron chi connectivity index (χ0n) is 30.1. The van der Waals surface area contributed by atoms with Crippen molar-refractivity contribution in [3.8, 4) is 5.75 Å². The van der Waals surface area contributed by atoms with Gasteiger partial charge in [0.25, 0.3) is 0 Å². The number of hydrogen-bond acceptors (Lipinski definition) is 6. The predicted octanol–water partition coefficient (Wildman–Crippen LogP) is 7.96. The molecule has 5 aromatic carbocycles. The van der Waals surface area contributed by atoms with Crippen molar-refractivity contribution in [2.75, 3.05) is 4.90 Å². The van der Waals surface area contributed by atoms with Gasteiger partial charge >= 0.3 is 0 Å². The fourth-order valence-electron chi connectivity index (χ4n) is 9.91. The summed E-state index contributed by atoms with van der Waals surface area (Å²) in [4.78, 5) is 73.7. The van der Waals surface area contributed by atoms with E-state index in [1.807, 2.05) is 84.9 Å². The van der Waals surface area contributed by atoms with Crippen LogP contribution in [0, 0.1) is 30.6 Å². The summed E-state index contributed by atoms with van der Waals surface area (Å²) in [5.41, 5.74) is 3.43. The minimum absolute atomic E-state index is 0.0314. The first-order valence-corrected chi connectivity index (χ1v) is 18.7. The van der Waals surface area contributed by atoms with Gasteiger partial charge in [-0.05, 0) is 72.7 Å². The van der Waals surface area contributed by atoms with Crippen molar-refractivity contribution in [2.24, 2.45) is 23.7 Å². The highest BCUT2D eigenvalue weighted by molar-refractivity contribution is 6.32. The number of Topliss-reactive ketones (excluding diaryl/α,β-unsaturated/α-hetero) is 1. The molecule has 55 heavy (non-hydrogen) atoms. The molecule has 1 saturated heterocycles. The van der Waals surface area contributed by atoms with E-state index in [0.29, 0.717) is 44.6 Å². The van der Waals surface area contributed by atoms with E-state index in [2.05, 4.69) is 0 Å². The Balaban J connectivity index is 1.18. The first-order chi connectivity index (χ1) is 26.7. The van der Waals surface area contributed by atoms with Gasteiger partial charge in [0.1, 0.15) is 5.75 Å². The number of anilines is 1. The molecule has 1 aliphatic heterocycles. The van der Waals surface area contributed by atoms with E-state index in [0.717, 1.165) is 5.57 Å². The van der Waals surface area contributed by atoms with Gasteiger partial charge in [0.15, 0.2) is 17.3 Å². The molecule has 4 aliphatic rings. The number of carbonyl (C=O) groups is 5. The lowest BCUT2D eigenvalue weighted by atomic mass is 9.44. The Morgan fingerprint density at radius 1 is 0.709 bits per heavy atom. The molecule has 1 heterocycles. The second-order valence-corrected chi connectivity index (χ2v) is 15.1. The van der Waals surface area contributed by atoms with E-state index >= 15 is 9.59 Å². The molecule has 6 atom stereocenters. The van der Waals surface area contributed by atoms with E-state index in [1.165, 1.54) is 11.0 Å². The number of ketones is 3. The SMILES string of the molecule is Cc1cccc([C@H]2C3=CC[C@@H]4C(=O)N(c5ccc(C(=O)c6ccccc6)cc5)C(=O)[C@@H]4[C@@H]3C[C@H]3C(=O)C(c4ccccc4)=CC(=O)[C@@]23c2ccccc2)c1O. The number of phenols is 1. The maximum Gasteiger partial charge on any atom is 0.238 e. The molecule has 3 aliphatic carbocycles. The van der Waals surface area contributed by atoms with Gasteiger partial charge in [-0.25, -0.2) is 0 Å². The summed E-state index contributed by atoms with van der Waals surface area (Å²) in [6, 6.07) is 39.4. The van der Waals surface area contributed by atoms with E-state index < -0.39 is 35.0 Å². The first-order valence-electron chi connectivity index (χ1n) is 18.7. The van der Waals surface area contributed by atoms with E-state index in [9.17, 15) is 19.5 Å². The molecule has 7 nitrogen and oxygen atoms in total. The monoisotopic (exact) mass is 723 g/mol. The Hall–Kier alpha value is -6.47. The third-order valence-corrected chi connectivity index (χ3v) is 12.4. The molecule has 9 rings (SSSR count). The highest BCUT2D eigenvalue weighted by atomic mass is 16.3. The molecule has 1 N–H and O–H groups in total. The number of hydrogen-bond donors (Lipinski definition) is 1. The van der Waals surface area contributed by atoms with E-state index in [1.54, 1.807) is 61.5 Å². The average molecular weight is 724 g/mol. The Morgan fingerprint density at radius 2 is 1.35 bits per heavy atom. The Kier molecular flexibility index (Phi) is 8.19. The van der Waals surface area contributed by atoms with E-state index in [-0.39, 0.29) is 47.8 Å². The highest BCUT2D eigenvalue weighted by Crippen LogP contribution is 2.64. The van der Waals surface area contributed by atoms with Gasteiger partial charge in [-0.1, -0.05) is 121 Å². The second kappa shape index (κ2) is 13.1. The number of amides is 2. The molecule has 0 aromatic heterocycles. The minimum Gasteiger partial charge on any atom is -0.507 e. The van der Waals surface area contributed by atoms with Gasteiger partial charge in [0.2, 0.25) is 11.8 Å². The number of aromatic hydroxyl groups is 1. The number of benzene rings is 5. The Morgan fingerprint density at radius 3 is 2.04 bits per heavy atom. The molecule has 7 heteroatoms. The number of phenolic OH excluding ortho intramolecular Hbond substituents is 1. The van der Waals surface area contributed by atoms with Crippen LogP contribution in [0.3, 0.4) is 0 Å². The van der Waals surface area contributed by atoms with Crippen molar-refractivity contribution in [1.82, 2.24) is 0 Å². The molecular weight excluding hydrogens is 687 g/mol. The van der Waals surface area contributed by atoms with Crippen LogP contribution in [0.4, 0.5) is 5.69 Å².